The number of rotatable bonds is 6. The van der Waals surface area contributed by atoms with E-state index < -0.39 is 5.97 Å². The minimum Gasteiger partial charge on any atom is -0.478 e. The first-order chi connectivity index (χ1) is 15.6. The van der Waals surface area contributed by atoms with E-state index in [9.17, 15) is 9.59 Å². The van der Waals surface area contributed by atoms with Crippen LogP contribution in [-0.4, -0.2) is 16.1 Å². The van der Waals surface area contributed by atoms with E-state index in [1.165, 1.54) is 5.57 Å². The predicted octanol–water partition coefficient (Wildman–Crippen LogP) is 6.00. The fraction of sp³-hybridized carbons (Fsp3) is 0.0714. The summed E-state index contributed by atoms with van der Waals surface area (Å²) < 4.78 is 0. The van der Waals surface area contributed by atoms with Crippen molar-refractivity contribution >= 4 is 34.1 Å². The molecule has 0 radical (unpaired) electrons. The number of H-pyrrole nitrogens is 1. The van der Waals surface area contributed by atoms with Gasteiger partial charge in [0, 0.05) is 23.0 Å². The number of allylic oxidation sites excluding steroid dienone is 1. The standard InChI is InChI=1S/C28H23NO3/c1-2-22(20-7-4-3-5-8-20)28(21-14-11-19(12-15-21)13-18-27(31)32)24-9-6-10-25-23(24)16-17-26(30)29-25/h3-18H,2H2,1H3,(H,29,30)(H,31,32). The lowest BCUT2D eigenvalue weighted by atomic mass is 9.86. The Hall–Kier alpha value is -4.18. The fourth-order valence-corrected chi connectivity index (χ4v) is 3.99. The van der Waals surface area contributed by atoms with Gasteiger partial charge in [0.05, 0.1) is 0 Å². The maximum Gasteiger partial charge on any atom is 0.328 e. The molecule has 2 N–H and O–H groups in total. The van der Waals surface area contributed by atoms with Crippen molar-refractivity contribution in [2.24, 2.45) is 0 Å². The molecule has 4 rings (SSSR count). The lowest BCUT2D eigenvalue weighted by molar-refractivity contribution is -0.131. The number of aromatic nitrogens is 1. The van der Waals surface area contributed by atoms with Crippen LogP contribution in [0.5, 0.6) is 0 Å². The van der Waals surface area contributed by atoms with Crippen LogP contribution in [0, 0.1) is 0 Å². The molecule has 0 aliphatic carbocycles. The van der Waals surface area contributed by atoms with Crippen molar-refractivity contribution < 1.29 is 9.90 Å². The first-order valence-corrected chi connectivity index (χ1v) is 10.5. The van der Waals surface area contributed by atoms with E-state index in [4.69, 9.17) is 5.11 Å². The van der Waals surface area contributed by atoms with E-state index >= 15 is 0 Å². The monoisotopic (exact) mass is 421 g/mol. The van der Waals surface area contributed by atoms with Gasteiger partial charge in [0.2, 0.25) is 5.56 Å². The molecule has 1 aromatic heterocycles. The number of hydrogen-bond acceptors (Lipinski definition) is 2. The summed E-state index contributed by atoms with van der Waals surface area (Å²) in [7, 11) is 0. The third-order valence-corrected chi connectivity index (χ3v) is 5.43. The molecule has 1 heterocycles. The third kappa shape index (κ3) is 4.44. The summed E-state index contributed by atoms with van der Waals surface area (Å²) in [5.41, 5.74) is 6.95. The first-order valence-electron chi connectivity index (χ1n) is 10.5. The molecule has 0 fully saturated rings. The minimum atomic E-state index is -0.975. The topological polar surface area (TPSA) is 70.2 Å². The molecule has 4 aromatic rings. The van der Waals surface area contributed by atoms with Crippen LogP contribution >= 0.6 is 0 Å². The second-order valence-corrected chi connectivity index (χ2v) is 7.46. The number of aromatic amines is 1. The Kier molecular flexibility index (Phi) is 6.13. The highest BCUT2D eigenvalue weighted by Gasteiger charge is 2.15. The van der Waals surface area contributed by atoms with E-state index in [-0.39, 0.29) is 5.56 Å². The first kappa shape index (κ1) is 21.1. The summed E-state index contributed by atoms with van der Waals surface area (Å²) in [6, 6.07) is 27.5. The van der Waals surface area contributed by atoms with Gasteiger partial charge in [0.1, 0.15) is 0 Å². The molecule has 32 heavy (non-hydrogen) atoms. The lowest BCUT2D eigenvalue weighted by Crippen LogP contribution is -2.04. The number of carbonyl (C=O) groups is 1. The Morgan fingerprint density at radius 3 is 2.31 bits per heavy atom. The quantitative estimate of drug-likeness (QED) is 0.296. The zero-order chi connectivity index (χ0) is 22.5. The largest absolute Gasteiger partial charge is 0.478 e. The van der Waals surface area contributed by atoms with Crippen LogP contribution in [0.1, 0.15) is 35.6 Å². The van der Waals surface area contributed by atoms with E-state index in [0.717, 1.165) is 51.2 Å². The van der Waals surface area contributed by atoms with Crippen molar-refractivity contribution in [3.05, 3.63) is 124 Å². The number of benzene rings is 3. The van der Waals surface area contributed by atoms with Gasteiger partial charge in [-0.2, -0.15) is 0 Å². The molecule has 0 spiro atoms. The van der Waals surface area contributed by atoms with Crippen molar-refractivity contribution in [2.45, 2.75) is 13.3 Å². The number of carboxylic acids is 1. The fourth-order valence-electron chi connectivity index (χ4n) is 3.99. The van der Waals surface area contributed by atoms with E-state index in [1.807, 2.05) is 60.7 Å². The summed E-state index contributed by atoms with van der Waals surface area (Å²) in [5.74, 6) is -0.975. The average Bonchev–Trinajstić information content (AvgIpc) is 2.81. The third-order valence-electron chi connectivity index (χ3n) is 5.43. The van der Waals surface area contributed by atoms with Crippen LogP contribution in [0.15, 0.2) is 95.8 Å². The smallest absolute Gasteiger partial charge is 0.328 e. The molecule has 3 aromatic carbocycles. The summed E-state index contributed by atoms with van der Waals surface area (Å²) in [6.07, 6.45) is 3.53. The molecular formula is C28H23NO3. The SMILES string of the molecule is CCC(=C(c1ccc(C=CC(=O)O)cc1)c1cccc2[nH]c(=O)ccc12)c1ccccc1. The van der Waals surface area contributed by atoms with Crippen LogP contribution in [0.4, 0.5) is 0 Å². The van der Waals surface area contributed by atoms with E-state index in [1.54, 1.807) is 12.1 Å². The molecule has 158 valence electrons. The van der Waals surface area contributed by atoms with E-state index in [0.29, 0.717) is 0 Å². The van der Waals surface area contributed by atoms with Gasteiger partial charge in [0.15, 0.2) is 0 Å². The highest BCUT2D eigenvalue weighted by atomic mass is 16.4. The van der Waals surface area contributed by atoms with Crippen molar-refractivity contribution in [3.63, 3.8) is 0 Å². The molecule has 0 aliphatic rings. The molecule has 0 aliphatic heterocycles. The van der Waals surface area contributed by atoms with Crippen LogP contribution in [0.2, 0.25) is 0 Å². The summed E-state index contributed by atoms with van der Waals surface area (Å²) in [6.45, 7) is 2.14. The Morgan fingerprint density at radius 1 is 0.875 bits per heavy atom. The normalized spacial score (nSPS) is 12.2. The van der Waals surface area contributed by atoms with Crippen LogP contribution in [0.25, 0.3) is 28.1 Å². The van der Waals surface area contributed by atoms with Crippen molar-refractivity contribution in [2.75, 3.05) is 0 Å². The van der Waals surface area contributed by atoms with Gasteiger partial charge in [-0.1, -0.05) is 73.7 Å². The molecule has 0 saturated carbocycles. The number of fused-ring (bicyclic) bond motifs is 1. The number of pyridine rings is 1. The molecule has 4 heteroatoms. The Labute approximate surface area is 186 Å². The van der Waals surface area contributed by atoms with Gasteiger partial charge >= 0.3 is 5.97 Å². The van der Waals surface area contributed by atoms with Crippen molar-refractivity contribution in [1.82, 2.24) is 4.98 Å². The van der Waals surface area contributed by atoms with Crippen LogP contribution < -0.4 is 5.56 Å². The van der Waals surface area contributed by atoms with Gasteiger partial charge in [-0.05, 0) is 58.0 Å². The van der Waals surface area contributed by atoms with Gasteiger partial charge in [-0.25, -0.2) is 4.79 Å². The molecule has 4 nitrogen and oxygen atoms in total. The second-order valence-electron chi connectivity index (χ2n) is 7.46. The summed E-state index contributed by atoms with van der Waals surface area (Å²) >= 11 is 0. The zero-order valence-electron chi connectivity index (χ0n) is 17.7. The van der Waals surface area contributed by atoms with Crippen molar-refractivity contribution in [1.29, 1.82) is 0 Å². The molecular weight excluding hydrogens is 398 g/mol. The highest BCUT2D eigenvalue weighted by Crippen LogP contribution is 2.37. The predicted molar refractivity (Wildman–Crippen MR) is 130 cm³/mol. The molecule has 0 atom stereocenters. The lowest BCUT2D eigenvalue weighted by Gasteiger charge is -2.18. The summed E-state index contributed by atoms with van der Waals surface area (Å²) in [4.78, 5) is 25.7. The molecule has 0 bridgehead atoms. The van der Waals surface area contributed by atoms with Gasteiger partial charge < -0.3 is 10.1 Å². The number of hydrogen-bond donors (Lipinski definition) is 2. The number of carboxylic acid groups (broad SMARTS) is 1. The maximum absolute atomic E-state index is 11.9. The average molecular weight is 421 g/mol. The number of nitrogens with one attached hydrogen (secondary N) is 1. The number of aliphatic carboxylic acids is 1. The summed E-state index contributed by atoms with van der Waals surface area (Å²) in [5, 5.41) is 9.87. The van der Waals surface area contributed by atoms with Crippen molar-refractivity contribution in [3.8, 4) is 0 Å². The van der Waals surface area contributed by atoms with Crippen LogP contribution in [0.3, 0.4) is 0 Å². The van der Waals surface area contributed by atoms with Gasteiger partial charge in [0.25, 0.3) is 0 Å². The van der Waals surface area contributed by atoms with Gasteiger partial charge in [-0.15, -0.1) is 0 Å². The maximum atomic E-state index is 11.9. The van der Waals surface area contributed by atoms with E-state index in [2.05, 4.69) is 30.1 Å². The van der Waals surface area contributed by atoms with Crippen LogP contribution in [-0.2, 0) is 4.79 Å². The highest BCUT2D eigenvalue weighted by molar-refractivity contribution is 6.05. The molecule has 0 saturated heterocycles. The van der Waals surface area contributed by atoms with Gasteiger partial charge in [-0.3, -0.25) is 4.79 Å². The minimum absolute atomic E-state index is 0.131. The second kappa shape index (κ2) is 9.31. The zero-order valence-corrected chi connectivity index (χ0v) is 17.7. The Balaban J connectivity index is 1.98. The molecule has 0 amide bonds. The Bertz CT molecular complexity index is 1380. The molecule has 0 unspecified atom stereocenters. The Morgan fingerprint density at radius 2 is 1.62 bits per heavy atom.